The van der Waals surface area contributed by atoms with Crippen LogP contribution in [0.4, 0.5) is 11.5 Å². The van der Waals surface area contributed by atoms with Gasteiger partial charge in [0.25, 0.3) is 0 Å². The first-order valence-corrected chi connectivity index (χ1v) is 11.1. The number of rotatable bonds is 0. The van der Waals surface area contributed by atoms with Crippen molar-refractivity contribution in [1.29, 1.82) is 0 Å². The quantitative estimate of drug-likeness (QED) is 0.304. The van der Waals surface area contributed by atoms with Gasteiger partial charge in [-0.2, -0.15) is 0 Å². The Labute approximate surface area is 177 Å². The van der Waals surface area contributed by atoms with Crippen molar-refractivity contribution in [3.05, 3.63) is 103 Å². The summed E-state index contributed by atoms with van der Waals surface area (Å²) in [7, 11) is 0.570. The average Bonchev–Trinajstić information content (AvgIpc) is 2.80. The molecule has 6 rings (SSSR count). The summed E-state index contributed by atoms with van der Waals surface area (Å²) in [5.74, 6) is 0.894. The van der Waals surface area contributed by atoms with Crippen LogP contribution in [0.25, 0.3) is 33.0 Å². The standard InChI is InChI=1S/C27H19N2P/c1-2-9-19-17-24-23(16-18(19)8-1)21-11-4-6-14-26(21)30-25-13-5-3-10-20(25)22-12-7-15-28-27(22)29-24/h1-17,30H,(H,28,29). The molecule has 2 heterocycles. The largest absolute Gasteiger partial charge is 0.339 e. The molecule has 0 aliphatic carbocycles. The molecule has 1 aliphatic rings. The molecule has 0 saturated carbocycles. The van der Waals surface area contributed by atoms with Crippen LogP contribution >= 0.6 is 8.58 Å². The maximum absolute atomic E-state index is 4.72. The lowest BCUT2D eigenvalue weighted by molar-refractivity contribution is 1.31. The molecule has 2 nitrogen and oxygen atoms in total. The topological polar surface area (TPSA) is 24.9 Å². The number of nitrogens with zero attached hydrogens (tertiary/aromatic N) is 1. The van der Waals surface area contributed by atoms with Gasteiger partial charge in [-0.15, -0.1) is 0 Å². The fourth-order valence-corrected chi connectivity index (χ4v) is 5.57. The van der Waals surface area contributed by atoms with E-state index in [-0.39, 0.29) is 0 Å². The zero-order chi connectivity index (χ0) is 19.9. The van der Waals surface area contributed by atoms with E-state index in [1.165, 1.54) is 38.1 Å². The van der Waals surface area contributed by atoms with Gasteiger partial charge in [0.2, 0.25) is 0 Å². The number of anilines is 2. The predicted octanol–water partition coefficient (Wildman–Crippen LogP) is 6.26. The minimum absolute atomic E-state index is 0.570. The highest BCUT2D eigenvalue weighted by Crippen LogP contribution is 2.39. The van der Waals surface area contributed by atoms with E-state index in [4.69, 9.17) is 4.98 Å². The molecule has 4 aromatic carbocycles. The summed E-state index contributed by atoms with van der Waals surface area (Å²) in [6.07, 6.45) is 1.86. The number of benzene rings is 4. The van der Waals surface area contributed by atoms with Gasteiger partial charge >= 0.3 is 0 Å². The normalized spacial score (nSPS) is 12.9. The van der Waals surface area contributed by atoms with Gasteiger partial charge in [-0.1, -0.05) is 81.4 Å². The summed E-state index contributed by atoms with van der Waals surface area (Å²) >= 11 is 0. The molecule has 1 N–H and O–H groups in total. The summed E-state index contributed by atoms with van der Waals surface area (Å²) in [6.45, 7) is 0. The summed E-state index contributed by atoms with van der Waals surface area (Å²) in [6, 6.07) is 34.7. The molecule has 142 valence electrons. The van der Waals surface area contributed by atoms with E-state index in [2.05, 4.69) is 96.3 Å². The molecule has 0 radical (unpaired) electrons. The molecule has 5 aromatic rings. The van der Waals surface area contributed by atoms with Crippen LogP contribution in [0.5, 0.6) is 0 Å². The summed E-state index contributed by atoms with van der Waals surface area (Å²) in [4.78, 5) is 4.72. The summed E-state index contributed by atoms with van der Waals surface area (Å²) in [5.41, 5.74) is 5.96. The molecular weight excluding hydrogens is 383 g/mol. The number of aromatic nitrogens is 1. The van der Waals surface area contributed by atoms with Gasteiger partial charge in [-0.05, 0) is 56.8 Å². The van der Waals surface area contributed by atoms with E-state index in [9.17, 15) is 0 Å². The van der Waals surface area contributed by atoms with Gasteiger partial charge in [0.15, 0.2) is 0 Å². The molecule has 1 atom stereocenters. The third-order valence-corrected chi connectivity index (χ3v) is 7.06. The SMILES string of the molecule is c1ccc2c(c1)Pc1ccccc1-c1cccnc1Nc1cc3ccccc3cc1-2. The Morgan fingerprint density at radius 1 is 0.567 bits per heavy atom. The molecule has 3 heteroatoms. The Balaban J connectivity index is 1.70. The van der Waals surface area contributed by atoms with Crippen molar-refractivity contribution in [2.24, 2.45) is 0 Å². The molecule has 0 fully saturated rings. The van der Waals surface area contributed by atoms with E-state index >= 15 is 0 Å². The summed E-state index contributed by atoms with van der Waals surface area (Å²) in [5, 5.41) is 8.84. The number of nitrogens with one attached hydrogen (secondary N) is 1. The fourth-order valence-electron chi connectivity index (χ4n) is 4.22. The van der Waals surface area contributed by atoms with Crippen LogP contribution < -0.4 is 15.9 Å². The van der Waals surface area contributed by atoms with E-state index in [0.717, 1.165) is 17.1 Å². The third-order valence-electron chi connectivity index (χ3n) is 5.65. The van der Waals surface area contributed by atoms with Crippen LogP contribution in [0.1, 0.15) is 0 Å². The Morgan fingerprint density at radius 2 is 1.17 bits per heavy atom. The lowest BCUT2D eigenvalue weighted by atomic mass is 9.98. The predicted molar refractivity (Wildman–Crippen MR) is 130 cm³/mol. The van der Waals surface area contributed by atoms with Crippen molar-refractivity contribution in [3.8, 4) is 22.3 Å². The first-order chi connectivity index (χ1) is 14.9. The lowest BCUT2D eigenvalue weighted by Crippen LogP contribution is -2.12. The van der Waals surface area contributed by atoms with Crippen molar-refractivity contribution in [1.82, 2.24) is 4.98 Å². The minimum atomic E-state index is 0.570. The molecule has 1 aliphatic heterocycles. The van der Waals surface area contributed by atoms with Gasteiger partial charge < -0.3 is 5.32 Å². The summed E-state index contributed by atoms with van der Waals surface area (Å²) < 4.78 is 0. The highest BCUT2D eigenvalue weighted by atomic mass is 31.1. The second kappa shape index (κ2) is 7.09. The second-order valence-electron chi connectivity index (χ2n) is 7.49. The Bertz CT molecular complexity index is 1410. The highest BCUT2D eigenvalue weighted by Gasteiger charge is 2.18. The van der Waals surface area contributed by atoms with Crippen LogP contribution in [-0.2, 0) is 0 Å². The van der Waals surface area contributed by atoms with Crippen molar-refractivity contribution < 1.29 is 0 Å². The van der Waals surface area contributed by atoms with Crippen LogP contribution in [0, 0.1) is 0 Å². The molecule has 1 aromatic heterocycles. The molecule has 0 amide bonds. The maximum atomic E-state index is 4.72. The maximum Gasteiger partial charge on any atom is 0.138 e. The smallest absolute Gasteiger partial charge is 0.138 e. The molecule has 30 heavy (non-hydrogen) atoms. The molecule has 0 saturated heterocycles. The van der Waals surface area contributed by atoms with Crippen molar-refractivity contribution >= 4 is 41.5 Å². The zero-order valence-corrected chi connectivity index (χ0v) is 17.3. The van der Waals surface area contributed by atoms with Gasteiger partial charge in [-0.3, -0.25) is 0 Å². The fraction of sp³-hybridized carbons (Fsp3) is 0. The average molecular weight is 402 g/mol. The van der Waals surface area contributed by atoms with Crippen molar-refractivity contribution in [2.45, 2.75) is 0 Å². The second-order valence-corrected chi connectivity index (χ2v) is 8.81. The van der Waals surface area contributed by atoms with Crippen molar-refractivity contribution in [2.75, 3.05) is 5.32 Å². The van der Waals surface area contributed by atoms with Crippen LogP contribution in [-0.4, -0.2) is 4.98 Å². The van der Waals surface area contributed by atoms with Crippen LogP contribution in [0.15, 0.2) is 103 Å². The van der Waals surface area contributed by atoms with Crippen molar-refractivity contribution in [3.63, 3.8) is 0 Å². The van der Waals surface area contributed by atoms with E-state index in [1.54, 1.807) is 0 Å². The van der Waals surface area contributed by atoms with Gasteiger partial charge in [-0.25, -0.2) is 4.98 Å². The van der Waals surface area contributed by atoms with Crippen LogP contribution in [0.2, 0.25) is 0 Å². The highest BCUT2D eigenvalue weighted by molar-refractivity contribution is 7.56. The molecule has 0 bridgehead atoms. The Morgan fingerprint density at radius 3 is 1.93 bits per heavy atom. The first kappa shape index (κ1) is 17.4. The van der Waals surface area contributed by atoms with E-state index in [0.29, 0.717) is 8.58 Å². The molecular formula is C27H19N2P. The first-order valence-electron chi connectivity index (χ1n) is 10.1. The van der Waals surface area contributed by atoms with E-state index < -0.39 is 0 Å². The molecule has 1 unspecified atom stereocenters. The van der Waals surface area contributed by atoms with Gasteiger partial charge in [0.05, 0.1) is 0 Å². The number of hydrogen-bond acceptors (Lipinski definition) is 2. The zero-order valence-electron chi connectivity index (χ0n) is 16.3. The Hall–Kier alpha value is -3.48. The van der Waals surface area contributed by atoms with Crippen LogP contribution in [0.3, 0.4) is 0 Å². The lowest BCUT2D eigenvalue weighted by Gasteiger charge is -2.21. The number of fused-ring (bicyclic) bond motifs is 7. The Kier molecular flexibility index (Phi) is 4.11. The van der Waals surface area contributed by atoms with E-state index in [1.807, 2.05) is 12.3 Å². The van der Waals surface area contributed by atoms with Gasteiger partial charge in [0.1, 0.15) is 5.82 Å². The third kappa shape index (κ3) is 2.89. The molecule has 0 spiro atoms. The van der Waals surface area contributed by atoms with Gasteiger partial charge in [0, 0.05) is 23.0 Å². The monoisotopic (exact) mass is 402 g/mol. The number of hydrogen-bond donors (Lipinski definition) is 1. The number of pyridine rings is 1. The minimum Gasteiger partial charge on any atom is -0.339 e.